The van der Waals surface area contributed by atoms with Crippen LogP contribution in [0.25, 0.3) is 0 Å². The lowest BCUT2D eigenvalue weighted by atomic mass is 10.0. The molecule has 0 aliphatic heterocycles. The normalized spacial score (nSPS) is 12.4. The van der Waals surface area contributed by atoms with Gasteiger partial charge >= 0.3 is 0 Å². The van der Waals surface area contributed by atoms with Crippen LogP contribution in [0.2, 0.25) is 5.02 Å². The summed E-state index contributed by atoms with van der Waals surface area (Å²) in [6.07, 6.45) is 1.38. The van der Waals surface area contributed by atoms with Gasteiger partial charge in [-0.1, -0.05) is 17.7 Å². The number of hydrogen-bond acceptors (Lipinski definition) is 3. The molecule has 1 aromatic carbocycles. The van der Waals surface area contributed by atoms with E-state index in [4.69, 9.17) is 17.4 Å². The molecule has 2 rings (SSSR count). The quantitative estimate of drug-likeness (QED) is 0.670. The fraction of sp³-hybridized carbons (Fsp3) is 0.154. The topological polar surface area (TPSA) is 50.9 Å². The highest BCUT2D eigenvalue weighted by Gasteiger charge is 2.14. The molecule has 0 fully saturated rings. The molecule has 19 heavy (non-hydrogen) atoms. The van der Waals surface area contributed by atoms with E-state index in [2.05, 4.69) is 10.4 Å². The van der Waals surface area contributed by atoms with Crippen LogP contribution >= 0.6 is 11.6 Å². The summed E-state index contributed by atoms with van der Waals surface area (Å²) in [6.45, 7) is 0. The number of benzene rings is 1. The molecule has 6 heteroatoms. The molecule has 1 heterocycles. The number of nitrogens with one attached hydrogen (secondary N) is 1. The molecular weight excluding hydrogens is 272 g/mol. The number of aromatic nitrogens is 1. The van der Waals surface area contributed by atoms with E-state index in [0.717, 1.165) is 6.20 Å². The second-order valence-corrected chi connectivity index (χ2v) is 4.50. The summed E-state index contributed by atoms with van der Waals surface area (Å²) in [5, 5.41) is 0.332. The van der Waals surface area contributed by atoms with E-state index in [1.165, 1.54) is 18.2 Å². The Labute approximate surface area is 114 Å². The summed E-state index contributed by atoms with van der Waals surface area (Å²) in [4.78, 5) is 3.93. The van der Waals surface area contributed by atoms with Gasteiger partial charge in [-0.15, -0.1) is 0 Å². The third kappa shape index (κ3) is 3.47. The molecule has 1 unspecified atom stereocenters. The summed E-state index contributed by atoms with van der Waals surface area (Å²) >= 11 is 5.69. The first kappa shape index (κ1) is 13.9. The van der Waals surface area contributed by atoms with E-state index in [1.54, 1.807) is 12.1 Å². The number of rotatable bonds is 4. The Hall–Kier alpha value is -1.56. The van der Waals surface area contributed by atoms with Crippen molar-refractivity contribution in [3.63, 3.8) is 0 Å². The van der Waals surface area contributed by atoms with Crippen LogP contribution < -0.4 is 11.3 Å². The van der Waals surface area contributed by atoms with Gasteiger partial charge in [0.15, 0.2) is 0 Å². The molecular formula is C13H12ClF2N3. The van der Waals surface area contributed by atoms with Crippen molar-refractivity contribution in [2.75, 3.05) is 0 Å². The highest BCUT2D eigenvalue weighted by molar-refractivity contribution is 6.30. The minimum Gasteiger partial charge on any atom is -0.271 e. The standard InChI is InChI=1S/C13H12ClF2N3/c14-9-2-1-8(11(16)6-9)5-13(19-17)12-4-3-10(15)7-18-12/h1-4,6-7,13,19H,5,17H2. The Morgan fingerprint density at radius 3 is 2.63 bits per heavy atom. The summed E-state index contributed by atoms with van der Waals surface area (Å²) < 4.78 is 26.5. The van der Waals surface area contributed by atoms with E-state index < -0.39 is 17.7 Å². The first-order chi connectivity index (χ1) is 9.10. The fourth-order valence-electron chi connectivity index (χ4n) is 1.75. The lowest BCUT2D eigenvalue weighted by Crippen LogP contribution is -2.30. The summed E-state index contributed by atoms with van der Waals surface area (Å²) in [6, 6.07) is 6.81. The second-order valence-electron chi connectivity index (χ2n) is 4.06. The first-order valence-corrected chi connectivity index (χ1v) is 5.99. The van der Waals surface area contributed by atoms with Crippen LogP contribution in [-0.4, -0.2) is 4.98 Å². The molecule has 0 bridgehead atoms. The zero-order chi connectivity index (χ0) is 13.8. The number of hydrogen-bond donors (Lipinski definition) is 2. The van der Waals surface area contributed by atoms with Crippen molar-refractivity contribution in [2.24, 2.45) is 5.84 Å². The number of pyridine rings is 1. The summed E-state index contributed by atoms with van der Waals surface area (Å²) in [5.41, 5.74) is 3.54. The average molecular weight is 284 g/mol. The summed E-state index contributed by atoms with van der Waals surface area (Å²) in [5.74, 6) is 4.60. The average Bonchev–Trinajstić information content (AvgIpc) is 2.39. The highest BCUT2D eigenvalue weighted by Crippen LogP contribution is 2.20. The molecule has 1 aromatic heterocycles. The SMILES string of the molecule is NNC(Cc1ccc(Cl)cc1F)c1ccc(F)cn1. The van der Waals surface area contributed by atoms with Crippen LogP contribution in [0.4, 0.5) is 8.78 Å². The number of nitrogens with two attached hydrogens (primary N) is 1. The Morgan fingerprint density at radius 2 is 2.05 bits per heavy atom. The third-order valence-electron chi connectivity index (χ3n) is 2.75. The zero-order valence-corrected chi connectivity index (χ0v) is 10.7. The largest absolute Gasteiger partial charge is 0.271 e. The Balaban J connectivity index is 2.21. The van der Waals surface area contributed by atoms with Gasteiger partial charge in [-0.25, -0.2) is 8.78 Å². The van der Waals surface area contributed by atoms with Gasteiger partial charge in [-0.2, -0.15) is 0 Å². The molecule has 0 spiro atoms. The lowest BCUT2D eigenvalue weighted by molar-refractivity contribution is 0.515. The molecule has 0 aliphatic rings. The van der Waals surface area contributed by atoms with Crippen molar-refractivity contribution in [1.82, 2.24) is 10.4 Å². The molecule has 3 N–H and O–H groups in total. The number of hydrazine groups is 1. The van der Waals surface area contributed by atoms with Gasteiger partial charge in [-0.05, 0) is 36.2 Å². The van der Waals surface area contributed by atoms with Gasteiger partial charge < -0.3 is 0 Å². The third-order valence-corrected chi connectivity index (χ3v) is 2.98. The Bertz CT molecular complexity index is 560. The summed E-state index contributed by atoms with van der Waals surface area (Å²) in [7, 11) is 0. The number of nitrogens with zero attached hydrogens (tertiary/aromatic N) is 1. The molecule has 3 nitrogen and oxygen atoms in total. The lowest BCUT2D eigenvalue weighted by Gasteiger charge is -2.15. The Morgan fingerprint density at radius 1 is 1.26 bits per heavy atom. The van der Waals surface area contributed by atoms with Gasteiger partial charge in [0.25, 0.3) is 0 Å². The van der Waals surface area contributed by atoms with E-state index in [1.807, 2.05) is 0 Å². The Kier molecular flexibility index (Phi) is 4.42. The maximum atomic E-state index is 13.7. The molecule has 2 aromatic rings. The van der Waals surface area contributed by atoms with E-state index in [-0.39, 0.29) is 6.42 Å². The maximum absolute atomic E-state index is 13.7. The van der Waals surface area contributed by atoms with E-state index in [0.29, 0.717) is 16.3 Å². The molecule has 0 amide bonds. The van der Waals surface area contributed by atoms with Crippen molar-refractivity contribution in [1.29, 1.82) is 0 Å². The molecule has 0 saturated carbocycles. The first-order valence-electron chi connectivity index (χ1n) is 5.61. The predicted octanol–water partition coefficient (Wildman–Crippen LogP) is 2.76. The maximum Gasteiger partial charge on any atom is 0.141 e. The number of halogens is 3. The van der Waals surface area contributed by atoms with Gasteiger partial charge in [0.05, 0.1) is 17.9 Å². The molecule has 0 saturated heterocycles. The van der Waals surface area contributed by atoms with Gasteiger partial charge in [0, 0.05) is 5.02 Å². The van der Waals surface area contributed by atoms with Crippen molar-refractivity contribution in [3.8, 4) is 0 Å². The minimum absolute atomic E-state index is 0.290. The van der Waals surface area contributed by atoms with E-state index >= 15 is 0 Å². The zero-order valence-electron chi connectivity index (χ0n) is 9.91. The molecule has 100 valence electrons. The van der Waals surface area contributed by atoms with Crippen molar-refractivity contribution >= 4 is 11.6 Å². The van der Waals surface area contributed by atoms with Crippen LogP contribution in [-0.2, 0) is 6.42 Å². The molecule has 1 atom stereocenters. The van der Waals surface area contributed by atoms with Crippen LogP contribution in [0, 0.1) is 11.6 Å². The van der Waals surface area contributed by atoms with Crippen LogP contribution in [0.3, 0.4) is 0 Å². The predicted molar refractivity (Wildman–Crippen MR) is 69.4 cm³/mol. The van der Waals surface area contributed by atoms with Gasteiger partial charge in [0.1, 0.15) is 11.6 Å². The van der Waals surface area contributed by atoms with Crippen molar-refractivity contribution < 1.29 is 8.78 Å². The highest BCUT2D eigenvalue weighted by atomic mass is 35.5. The molecule has 0 aliphatic carbocycles. The van der Waals surface area contributed by atoms with Gasteiger partial charge in [-0.3, -0.25) is 16.3 Å². The van der Waals surface area contributed by atoms with Crippen molar-refractivity contribution in [2.45, 2.75) is 12.5 Å². The van der Waals surface area contributed by atoms with Crippen molar-refractivity contribution in [3.05, 3.63) is 64.4 Å². The fourth-order valence-corrected chi connectivity index (χ4v) is 1.91. The minimum atomic E-state index is -0.433. The smallest absolute Gasteiger partial charge is 0.141 e. The molecule has 0 radical (unpaired) electrons. The van der Waals surface area contributed by atoms with Crippen LogP contribution in [0.1, 0.15) is 17.3 Å². The van der Waals surface area contributed by atoms with Crippen LogP contribution in [0.5, 0.6) is 0 Å². The monoisotopic (exact) mass is 283 g/mol. The van der Waals surface area contributed by atoms with Crippen LogP contribution in [0.15, 0.2) is 36.5 Å². The van der Waals surface area contributed by atoms with E-state index in [9.17, 15) is 8.78 Å². The van der Waals surface area contributed by atoms with Gasteiger partial charge in [0.2, 0.25) is 0 Å². The second kappa shape index (κ2) is 6.06.